The number of carbonyl (C=O) groups excluding carboxylic acids is 4. The van der Waals surface area contributed by atoms with Crippen molar-refractivity contribution in [3.63, 3.8) is 0 Å². The third-order valence-electron chi connectivity index (χ3n) is 13.0. The molecule has 6 bridgehead atoms. The second-order valence-electron chi connectivity index (χ2n) is 18.6. The van der Waals surface area contributed by atoms with Crippen LogP contribution < -0.4 is 10.7 Å². The van der Waals surface area contributed by atoms with Gasteiger partial charge in [-0.05, 0) is 74.3 Å². The molecule has 15 nitrogen and oxygen atoms in total. The summed E-state index contributed by atoms with van der Waals surface area (Å²) in [6.45, 7) is 15.0. The van der Waals surface area contributed by atoms with Gasteiger partial charge in [0.05, 0.1) is 53.3 Å². The number of likely N-dealkylation sites (tertiary alicyclic amines) is 1. The SMILES string of the molecule is CCn1c(-c2cccnc2[C@H](C)OC)c2c3cc(ccc31)-c1csc(n1)C[C@H](CNC(=O)[C@H](C(C)C)N(C)C(=O)N1CC(OC)C1)C(=O)N1CCC[C@H](N1)C(=O)N(C)CC(C)(C)C2. The van der Waals surface area contributed by atoms with Crippen LogP contribution in [-0.2, 0) is 43.2 Å². The molecule has 0 spiro atoms. The summed E-state index contributed by atoms with van der Waals surface area (Å²) in [6, 6.07) is 9.02. The molecule has 0 unspecified atom stereocenters. The van der Waals surface area contributed by atoms with Crippen LogP contribution in [0.15, 0.2) is 41.9 Å². The van der Waals surface area contributed by atoms with Crippen molar-refractivity contribution >= 4 is 46.0 Å². The number of pyridine rings is 1. The molecule has 2 saturated heterocycles. The molecule has 340 valence electrons. The summed E-state index contributed by atoms with van der Waals surface area (Å²) in [7, 11) is 6.82. The largest absolute Gasteiger partial charge is 0.378 e. The van der Waals surface area contributed by atoms with Gasteiger partial charge in [-0.3, -0.25) is 24.4 Å². The zero-order valence-corrected chi connectivity index (χ0v) is 39.4. The molecule has 0 aliphatic carbocycles. The van der Waals surface area contributed by atoms with Gasteiger partial charge < -0.3 is 34.1 Å². The standard InChI is InChI=1S/C47H65N9O6S/c1-11-55-38-17-16-30-20-34(38)35(42(55)33-14-12-18-48-40(33)29(4)61-9)22-47(5,6)27-52(7)45(59)36-15-13-19-56(51-36)44(58)31(21-39-50-37(30)26-63-39)23-49-43(57)41(28(2)3)53(8)46(60)54-24-32(25-54)62-10/h12,14,16-18,20,26,28-29,31-32,36,41,51H,11,13,15,19,21-25,27H2,1-10H3,(H,49,57)/t29-,31+,36-,41-/m0/s1. The number of urea groups is 1. The third-order valence-corrected chi connectivity index (χ3v) is 13.8. The number of rotatable bonds is 10. The minimum Gasteiger partial charge on any atom is -0.378 e. The molecule has 4 atom stereocenters. The van der Waals surface area contributed by atoms with Gasteiger partial charge in [-0.25, -0.2) is 15.2 Å². The fourth-order valence-corrected chi connectivity index (χ4v) is 10.5. The molecular formula is C47H65N9O6S. The van der Waals surface area contributed by atoms with Crippen molar-refractivity contribution in [2.45, 2.75) is 98.1 Å². The predicted molar refractivity (Wildman–Crippen MR) is 245 cm³/mol. The Balaban J connectivity index is 1.27. The van der Waals surface area contributed by atoms with Crippen LogP contribution in [-0.4, -0.2) is 137 Å². The molecule has 3 aromatic heterocycles. The zero-order chi connectivity index (χ0) is 45.3. The number of carbonyl (C=O) groups is 4. The fraction of sp³-hybridized carbons (Fsp3) is 0.574. The van der Waals surface area contributed by atoms with E-state index in [1.807, 2.05) is 45.5 Å². The van der Waals surface area contributed by atoms with Crippen molar-refractivity contribution in [1.82, 2.24) is 45.0 Å². The smallest absolute Gasteiger partial charge is 0.320 e. The molecule has 0 saturated carbocycles. The number of amides is 5. The first-order valence-electron chi connectivity index (χ1n) is 22.3. The molecule has 0 radical (unpaired) electrons. The molecule has 7 rings (SSSR count). The van der Waals surface area contributed by atoms with E-state index in [0.29, 0.717) is 45.4 Å². The molecule has 4 aromatic rings. The topological polar surface area (TPSA) is 154 Å². The van der Waals surface area contributed by atoms with Gasteiger partial charge in [0.2, 0.25) is 17.7 Å². The van der Waals surface area contributed by atoms with Crippen molar-refractivity contribution < 1.29 is 28.7 Å². The lowest BCUT2D eigenvalue weighted by Crippen LogP contribution is -2.62. The van der Waals surface area contributed by atoms with Crippen molar-refractivity contribution in [3.05, 3.63) is 58.2 Å². The van der Waals surface area contributed by atoms with Gasteiger partial charge in [0.1, 0.15) is 12.1 Å². The van der Waals surface area contributed by atoms with Crippen molar-refractivity contribution in [1.29, 1.82) is 0 Å². The van der Waals surface area contributed by atoms with Crippen LogP contribution in [0.1, 0.15) is 76.8 Å². The molecule has 1 aromatic carbocycles. The second-order valence-corrected chi connectivity index (χ2v) is 19.5. The average molecular weight is 884 g/mol. The number of aryl methyl sites for hydroxylation is 1. The number of nitrogens with zero attached hydrogens (tertiary/aromatic N) is 7. The van der Waals surface area contributed by atoms with Gasteiger partial charge in [-0.15, -0.1) is 11.3 Å². The summed E-state index contributed by atoms with van der Waals surface area (Å²) >= 11 is 1.49. The number of nitrogens with one attached hydrogen (secondary N) is 2. The molecule has 2 fully saturated rings. The fourth-order valence-electron chi connectivity index (χ4n) is 9.65. The highest BCUT2D eigenvalue weighted by atomic mass is 32.1. The molecule has 63 heavy (non-hydrogen) atoms. The Morgan fingerprint density at radius 1 is 1.11 bits per heavy atom. The monoisotopic (exact) mass is 883 g/mol. The van der Waals surface area contributed by atoms with Crippen LogP contribution in [0.2, 0.25) is 0 Å². The maximum Gasteiger partial charge on any atom is 0.320 e. The molecule has 6 heterocycles. The molecule has 5 amide bonds. The Labute approximate surface area is 375 Å². The summed E-state index contributed by atoms with van der Waals surface area (Å²) in [5.41, 5.74) is 9.94. The normalized spacial score (nSPS) is 20.7. The maximum atomic E-state index is 14.6. The number of likely N-dealkylation sites (N-methyl/N-ethyl adjacent to an activating group) is 2. The van der Waals surface area contributed by atoms with E-state index in [9.17, 15) is 19.2 Å². The van der Waals surface area contributed by atoms with Gasteiger partial charge in [-0.1, -0.05) is 33.8 Å². The average Bonchev–Trinajstić information content (AvgIpc) is 3.84. The highest BCUT2D eigenvalue weighted by Gasteiger charge is 2.39. The Morgan fingerprint density at radius 3 is 2.57 bits per heavy atom. The molecule has 3 aliphatic rings. The third kappa shape index (κ3) is 9.50. The number of thiazole rings is 1. The van der Waals surface area contributed by atoms with E-state index < -0.39 is 18.0 Å². The Morgan fingerprint density at radius 2 is 1.87 bits per heavy atom. The first-order chi connectivity index (χ1) is 30.0. The summed E-state index contributed by atoms with van der Waals surface area (Å²) in [5, 5.41) is 8.52. The van der Waals surface area contributed by atoms with E-state index >= 15 is 0 Å². The highest BCUT2D eigenvalue weighted by molar-refractivity contribution is 7.10. The summed E-state index contributed by atoms with van der Waals surface area (Å²) in [4.78, 5) is 71.2. The molecule has 3 aliphatic heterocycles. The molecule has 2 N–H and O–H groups in total. The molecule has 16 heteroatoms. The number of aromatic nitrogens is 3. The van der Waals surface area contributed by atoms with Crippen molar-refractivity contribution in [2.75, 3.05) is 61.0 Å². The van der Waals surface area contributed by atoms with Crippen LogP contribution in [0.4, 0.5) is 4.79 Å². The quantitative estimate of drug-likeness (QED) is 0.202. The first-order valence-corrected chi connectivity index (χ1v) is 23.2. The van der Waals surface area contributed by atoms with Gasteiger partial charge in [0, 0.05) is 94.5 Å². The minimum atomic E-state index is -0.759. The summed E-state index contributed by atoms with van der Waals surface area (Å²) in [6.07, 6.45) is 3.74. The number of fused-ring (bicyclic) bond motifs is 6. The van der Waals surface area contributed by atoms with E-state index in [-0.39, 0.29) is 60.3 Å². The van der Waals surface area contributed by atoms with Crippen LogP contribution in [0.3, 0.4) is 0 Å². The van der Waals surface area contributed by atoms with E-state index in [1.54, 1.807) is 36.1 Å². The van der Waals surface area contributed by atoms with Gasteiger partial charge >= 0.3 is 6.03 Å². The van der Waals surface area contributed by atoms with Gasteiger partial charge in [0.15, 0.2) is 0 Å². The lowest BCUT2D eigenvalue weighted by molar-refractivity contribution is -0.145. The van der Waals surface area contributed by atoms with Crippen LogP contribution in [0.5, 0.6) is 0 Å². The summed E-state index contributed by atoms with van der Waals surface area (Å²) in [5.74, 6) is -1.53. The Hall–Kier alpha value is -4.90. The van der Waals surface area contributed by atoms with E-state index in [2.05, 4.69) is 60.3 Å². The van der Waals surface area contributed by atoms with Crippen molar-refractivity contribution in [3.8, 4) is 22.5 Å². The zero-order valence-electron chi connectivity index (χ0n) is 38.6. The number of hydrogen-bond donors (Lipinski definition) is 2. The number of hydrazine groups is 1. The minimum absolute atomic E-state index is 0.0124. The second kappa shape index (κ2) is 19.1. The highest BCUT2D eigenvalue weighted by Crippen LogP contribution is 2.42. The van der Waals surface area contributed by atoms with E-state index in [1.165, 1.54) is 21.8 Å². The number of hydrogen-bond acceptors (Lipinski definition) is 10. The van der Waals surface area contributed by atoms with E-state index in [4.69, 9.17) is 19.4 Å². The molecular weight excluding hydrogens is 819 g/mol. The van der Waals surface area contributed by atoms with Gasteiger partial charge in [-0.2, -0.15) is 0 Å². The van der Waals surface area contributed by atoms with Crippen LogP contribution in [0.25, 0.3) is 33.4 Å². The maximum absolute atomic E-state index is 14.6. The number of benzene rings is 1. The summed E-state index contributed by atoms with van der Waals surface area (Å²) < 4.78 is 13.6. The number of ether oxygens (including phenoxy) is 2. The predicted octanol–water partition coefficient (Wildman–Crippen LogP) is 5.77. The lowest BCUT2D eigenvalue weighted by Gasteiger charge is -2.42. The van der Waals surface area contributed by atoms with Gasteiger partial charge in [0.25, 0.3) is 0 Å². The van der Waals surface area contributed by atoms with Crippen molar-refractivity contribution in [2.24, 2.45) is 17.3 Å². The Bertz CT molecular complexity index is 2320. The van der Waals surface area contributed by atoms with Crippen LogP contribution >= 0.6 is 11.3 Å². The lowest BCUT2D eigenvalue weighted by atomic mass is 9.83. The Kier molecular flexibility index (Phi) is 13.9. The van der Waals surface area contributed by atoms with E-state index in [0.717, 1.165) is 50.7 Å². The number of methoxy groups -OCH3 is 2. The van der Waals surface area contributed by atoms with Crippen LogP contribution in [0, 0.1) is 17.3 Å². The first kappa shape index (κ1) is 46.1.